The highest BCUT2D eigenvalue weighted by Crippen LogP contribution is 2.15. The first kappa shape index (κ1) is 22.7. The summed E-state index contributed by atoms with van der Waals surface area (Å²) in [5, 5.41) is 8.51. The lowest BCUT2D eigenvalue weighted by Gasteiger charge is -2.33. The largest absolute Gasteiger partial charge is 0.357 e. The van der Waals surface area contributed by atoms with Gasteiger partial charge < -0.3 is 10.6 Å². The van der Waals surface area contributed by atoms with Crippen molar-refractivity contribution in [1.29, 1.82) is 0 Å². The van der Waals surface area contributed by atoms with E-state index in [1.54, 1.807) is 17.5 Å². The van der Waals surface area contributed by atoms with E-state index in [0.29, 0.717) is 16.8 Å². The molecule has 1 fully saturated rings. The predicted molar refractivity (Wildman–Crippen MR) is 123 cm³/mol. The number of thiophene rings is 1. The van der Waals surface area contributed by atoms with Crippen molar-refractivity contribution in [1.82, 2.24) is 20.3 Å². The van der Waals surface area contributed by atoms with Crippen LogP contribution in [0.3, 0.4) is 0 Å². The molecule has 0 unspecified atom stereocenters. The molecular weight excluding hydrogens is 418 g/mol. The summed E-state index contributed by atoms with van der Waals surface area (Å²) < 4.78 is 27.3. The van der Waals surface area contributed by atoms with Crippen LogP contribution < -0.4 is 15.4 Å². The highest BCUT2D eigenvalue weighted by atomic mass is 32.2. The zero-order valence-electron chi connectivity index (χ0n) is 17.4. The summed E-state index contributed by atoms with van der Waals surface area (Å²) >= 11 is 1.21. The summed E-state index contributed by atoms with van der Waals surface area (Å²) in [4.78, 5) is 7.02. The van der Waals surface area contributed by atoms with Gasteiger partial charge in [0.25, 0.3) is 0 Å². The van der Waals surface area contributed by atoms with Crippen LogP contribution in [0.25, 0.3) is 0 Å². The minimum Gasteiger partial charge on any atom is -0.357 e. The van der Waals surface area contributed by atoms with Gasteiger partial charge >= 0.3 is 0 Å². The van der Waals surface area contributed by atoms with E-state index in [1.807, 2.05) is 13.0 Å². The molecule has 3 N–H and O–H groups in total. The lowest BCUT2D eigenvalue weighted by molar-refractivity contribution is 0.198. The third kappa shape index (κ3) is 7.09. The van der Waals surface area contributed by atoms with Crippen LogP contribution in [-0.2, 0) is 16.6 Å². The average molecular weight is 450 g/mol. The Balaban J connectivity index is 1.42. The monoisotopic (exact) mass is 449 g/mol. The van der Waals surface area contributed by atoms with Crippen molar-refractivity contribution < 1.29 is 8.42 Å². The molecule has 1 aromatic carbocycles. The third-order valence-electron chi connectivity index (χ3n) is 4.96. The molecule has 9 heteroatoms. The van der Waals surface area contributed by atoms with Gasteiger partial charge in [-0.25, -0.2) is 13.1 Å². The first-order chi connectivity index (χ1) is 14.6. The van der Waals surface area contributed by atoms with Crippen molar-refractivity contribution in [2.45, 2.75) is 36.6 Å². The molecule has 7 nitrogen and oxygen atoms in total. The molecule has 0 radical (unpaired) electrons. The molecule has 2 heterocycles. The van der Waals surface area contributed by atoms with Crippen LogP contribution in [0, 0.1) is 0 Å². The van der Waals surface area contributed by atoms with Gasteiger partial charge in [-0.05, 0) is 36.8 Å². The summed E-state index contributed by atoms with van der Waals surface area (Å²) in [5.41, 5.74) is 1.35. The Morgan fingerprint density at radius 3 is 2.60 bits per heavy atom. The zero-order chi connectivity index (χ0) is 21.2. The number of nitrogens with zero attached hydrogens (tertiary/aromatic N) is 2. The molecule has 0 aliphatic carbocycles. The summed E-state index contributed by atoms with van der Waals surface area (Å²) in [6.07, 6.45) is 2.12. The van der Waals surface area contributed by atoms with Crippen molar-refractivity contribution >= 4 is 27.3 Å². The van der Waals surface area contributed by atoms with Crippen molar-refractivity contribution in [3.8, 4) is 0 Å². The van der Waals surface area contributed by atoms with Gasteiger partial charge in [0.1, 0.15) is 4.21 Å². The van der Waals surface area contributed by atoms with E-state index in [0.717, 1.165) is 45.0 Å². The molecule has 1 aliphatic rings. The lowest BCUT2D eigenvalue weighted by atomic mass is 10.0. The topological polar surface area (TPSA) is 85.8 Å². The number of likely N-dealkylation sites (tertiary alicyclic amines) is 1. The van der Waals surface area contributed by atoms with Crippen molar-refractivity contribution in [2.75, 3.05) is 32.7 Å². The second kappa shape index (κ2) is 11.5. The van der Waals surface area contributed by atoms with Crippen LogP contribution >= 0.6 is 11.3 Å². The van der Waals surface area contributed by atoms with Crippen LogP contribution in [0.4, 0.5) is 0 Å². The quantitative estimate of drug-likeness (QED) is 0.311. The Hall–Kier alpha value is -1.94. The van der Waals surface area contributed by atoms with E-state index in [-0.39, 0.29) is 6.54 Å². The van der Waals surface area contributed by atoms with Gasteiger partial charge in [-0.3, -0.25) is 9.89 Å². The SMILES string of the molecule is CCNC(=NCCNS(=O)(=O)c1cccs1)NC1CCN(Cc2ccccc2)CC1. The molecule has 0 bridgehead atoms. The zero-order valence-corrected chi connectivity index (χ0v) is 19.0. The Kier molecular flexibility index (Phi) is 8.68. The number of hydrogen-bond acceptors (Lipinski definition) is 5. The van der Waals surface area contributed by atoms with E-state index < -0.39 is 10.0 Å². The number of sulfonamides is 1. The van der Waals surface area contributed by atoms with Gasteiger partial charge in [0.15, 0.2) is 5.96 Å². The fraction of sp³-hybridized carbons (Fsp3) is 0.476. The van der Waals surface area contributed by atoms with Gasteiger partial charge in [-0.15, -0.1) is 11.3 Å². The fourth-order valence-corrected chi connectivity index (χ4v) is 5.48. The number of hydrogen-bond donors (Lipinski definition) is 3. The highest BCUT2D eigenvalue weighted by molar-refractivity contribution is 7.91. The Morgan fingerprint density at radius 1 is 1.17 bits per heavy atom. The molecule has 2 aromatic rings. The molecule has 164 valence electrons. The van der Waals surface area contributed by atoms with Gasteiger partial charge in [0.05, 0.1) is 6.54 Å². The second-order valence-electron chi connectivity index (χ2n) is 7.27. The average Bonchev–Trinajstić information content (AvgIpc) is 3.29. The lowest BCUT2D eigenvalue weighted by Crippen LogP contribution is -2.48. The van der Waals surface area contributed by atoms with E-state index in [9.17, 15) is 8.42 Å². The molecule has 0 amide bonds. The molecular formula is C21H31N5O2S2. The van der Waals surface area contributed by atoms with Crippen LogP contribution in [-0.4, -0.2) is 58.0 Å². The summed E-state index contributed by atoms with van der Waals surface area (Å²) in [5.74, 6) is 0.745. The van der Waals surface area contributed by atoms with Gasteiger partial charge in [0.2, 0.25) is 10.0 Å². The number of aliphatic imine (C=N–C) groups is 1. The molecule has 3 rings (SSSR count). The maximum absolute atomic E-state index is 12.2. The van der Waals surface area contributed by atoms with Crippen molar-refractivity contribution in [2.24, 2.45) is 4.99 Å². The van der Waals surface area contributed by atoms with Gasteiger partial charge in [-0.2, -0.15) is 0 Å². The van der Waals surface area contributed by atoms with Crippen molar-refractivity contribution in [3.05, 3.63) is 53.4 Å². The molecule has 0 spiro atoms. The van der Waals surface area contributed by atoms with Gasteiger partial charge in [0, 0.05) is 38.8 Å². The maximum Gasteiger partial charge on any atom is 0.250 e. The molecule has 30 heavy (non-hydrogen) atoms. The minimum absolute atomic E-state index is 0.270. The molecule has 0 atom stereocenters. The smallest absolute Gasteiger partial charge is 0.250 e. The van der Waals surface area contributed by atoms with Crippen LogP contribution in [0.15, 0.2) is 57.0 Å². The molecule has 1 saturated heterocycles. The first-order valence-electron chi connectivity index (χ1n) is 10.4. The first-order valence-corrected chi connectivity index (χ1v) is 12.8. The van der Waals surface area contributed by atoms with E-state index >= 15 is 0 Å². The molecule has 1 aromatic heterocycles. The Labute approximate surface area is 183 Å². The molecule has 1 aliphatic heterocycles. The number of piperidine rings is 1. The number of rotatable bonds is 9. The van der Waals surface area contributed by atoms with E-state index in [4.69, 9.17) is 0 Å². The summed E-state index contributed by atoms with van der Waals surface area (Å²) in [6, 6.07) is 14.3. The number of nitrogens with one attached hydrogen (secondary N) is 3. The van der Waals surface area contributed by atoms with E-state index in [1.165, 1.54) is 16.9 Å². The van der Waals surface area contributed by atoms with Crippen LogP contribution in [0.5, 0.6) is 0 Å². The minimum atomic E-state index is -3.43. The van der Waals surface area contributed by atoms with Gasteiger partial charge in [-0.1, -0.05) is 36.4 Å². The third-order valence-corrected chi connectivity index (χ3v) is 7.81. The van der Waals surface area contributed by atoms with E-state index in [2.05, 4.69) is 49.5 Å². The van der Waals surface area contributed by atoms with Crippen LogP contribution in [0.2, 0.25) is 0 Å². The van der Waals surface area contributed by atoms with Crippen LogP contribution in [0.1, 0.15) is 25.3 Å². The fourth-order valence-electron chi connectivity index (χ4n) is 3.43. The Bertz CT molecular complexity index is 877. The Morgan fingerprint density at radius 2 is 1.93 bits per heavy atom. The number of benzene rings is 1. The summed E-state index contributed by atoms with van der Waals surface area (Å²) in [7, 11) is -3.43. The maximum atomic E-state index is 12.2. The molecule has 0 saturated carbocycles. The summed E-state index contributed by atoms with van der Waals surface area (Å²) in [6.45, 7) is 6.53. The predicted octanol–water partition coefficient (Wildman–Crippen LogP) is 2.25. The normalized spacial score (nSPS) is 16.5. The number of guanidine groups is 1. The van der Waals surface area contributed by atoms with Crippen molar-refractivity contribution in [3.63, 3.8) is 0 Å². The standard InChI is InChI=1S/C21H31N5O2S2/c1-2-22-21(23-12-13-24-30(27,28)20-9-6-16-29-20)25-19-10-14-26(15-11-19)17-18-7-4-3-5-8-18/h3-9,16,19,24H,2,10-15,17H2,1H3,(H2,22,23,25). The second-order valence-corrected chi connectivity index (χ2v) is 10.2. The highest BCUT2D eigenvalue weighted by Gasteiger charge is 2.20.